The van der Waals surface area contributed by atoms with Crippen LogP contribution >= 0.6 is 0 Å². The first kappa shape index (κ1) is 31.3. The normalized spacial score (nSPS) is 10.3. The molecule has 4 rings (SSSR count). The zero-order valence-electron chi connectivity index (χ0n) is 25.2. The quantitative estimate of drug-likeness (QED) is 0.177. The second kappa shape index (κ2) is 15.0. The first-order valence-electron chi connectivity index (χ1n) is 13.8. The summed E-state index contributed by atoms with van der Waals surface area (Å²) < 4.78 is 21.1. The molecule has 0 aliphatic heterocycles. The molecular weight excluding hydrogens is 560 g/mol. The summed E-state index contributed by atoms with van der Waals surface area (Å²) in [6, 6.07) is 27.9. The van der Waals surface area contributed by atoms with Crippen LogP contribution in [0.3, 0.4) is 0 Å². The number of urea groups is 2. The van der Waals surface area contributed by atoms with Gasteiger partial charge in [0.05, 0.1) is 51.2 Å². The lowest BCUT2D eigenvalue weighted by molar-refractivity contribution is 0.249. The Hall–Kier alpha value is -5.64. The molecule has 0 spiro atoms. The summed E-state index contributed by atoms with van der Waals surface area (Å²) in [6.45, 7) is 4.33. The molecule has 0 aromatic heterocycles. The van der Waals surface area contributed by atoms with Crippen LogP contribution in [0.15, 0.2) is 109 Å². The number of nitrogens with one attached hydrogen (secondary N) is 2. The highest BCUT2D eigenvalue weighted by Gasteiger charge is 2.20. The molecule has 10 nitrogen and oxygen atoms in total. The van der Waals surface area contributed by atoms with Gasteiger partial charge in [0.1, 0.15) is 23.0 Å². The van der Waals surface area contributed by atoms with Crippen molar-refractivity contribution in [3.8, 4) is 23.0 Å². The molecule has 0 unspecified atom stereocenters. The number of amides is 4. The van der Waals surface area contributed by atoms with Crippen LogP contribution in [0.25, 0.3) is 0 Å². The van der Waals surface area contributed by atoms with Gasteiger partial charge in [0, 0.05) is 13.1 Å². The van der Waals surface area contributed by atoms with Gasteiger partial charge in [-0.15, -0.1) is 0 Å². The van der Waals surface area contributed by atoms with Gasteiger partial charge in [-0.1, -0.05) is 6.58 Å². The fourth-order valence-corrected chi connectivity index (χ4v) is 4.31. The van der Waals surface area contributed by atoms with Crippen molar-refractivity contribution in [1.29, 1.82) is 0 Å². The van der Waals surface area contributed by atoms with Crippen molar-refractivity contribution in [2.75, 3.05) is 51.3 Å². The van der Waals surface area contributed by atoms with E-state index >= 15 is 0 Å². The molecule has 10 heteroatoms. The summed E-state index contributed by atoms with van der Waals surface area (Å²) in [4.78, 5) is 30.0. The lowest BCUT2D eigenvalue weighted by Crippen LogP contribution is -2.41. The van der Waals surface area contributed by atoms with Crippen molar-refractivity contribution < 1.29 is 28.5 Å². The van der Waals surface area contributed by atoms with Crippen LogP contribution in [0.5, 0.6) is 23.0 Å². The van der Waals surface area contributed by atoms with Gasteiger partial charge in [-0.25, -0.2) is 9.59 Å². The molecule has 0 saturated heterocycles. The van der Waals surface area contributed by atoms with Crippen LogP contribution in [0, 0.1) is 0 Å². The van der Waals surface area contributed by atoms with Gasteiger partial charge in [-0.2, -0.15) is 0 Å². The van der Waals surface area contributed by atoms with Crippen molar-refractivity contribution in [2.45, 2.75) is 0 Å². The standard InChI is InChI=1S/C34H36N4O6/c1-24(22-35-33(39)37(25-6-14-29(41-2)15-7-25)26-8-16-30(42-3)17-9-26)23-36-34(40)38(27-10-18-31(43-4)19-11-27)28-12-20-32(44-5)21-13-28/h6-21H,1,22-23H2,2-5H3,(H,35,39)(H,36,40). The molecule has 4 aromatic rings. The largest absolute Gasteiger partial charge is 0.497 e. The zero-order valence-corrected chi connectivity index (χ0v) is 25.2. The van der Waals surface area contributed by atoms with Crippen LogP contribution < -0.4 is 39.4 Å². The molecule has 0 aliphatic carbocycles. The number of carbonyl (C=O) groups excluding carboxylic acids is 2. The summed E-state index contributed by atoms with van der Waals surface area (Å²) in [6.07, 6.45) is 0. The van der Waals surface area contributed by atoms with Gasteiger partial charge < -0.3 is 29.6 Å². The SMILES string of the molecule is C=C(CNC(=O)N(c1ccc(OC)cc1)c1ccc(OC)cc1)CNC(=O)N(c1ccc(OC)cc1)c1ccc(OC)cc1. The number of methoxy groups -OCH3 is 4. The van der Waals surface area contributed by atoms with Crippen LogP contribution in [0.1, 0.15) is 0 Å². The van der Waals surface area contributed by atoms with E-state index in [-0.39, 0.29) is 25.2 Å². The second-order valence-corrected chi connectivity index (χ2v) is 9.53. The summed E-state index contributed by atoms with van der Waals surface area (Å²) in [5.41, 5.74) is 3.16. The Bertz CT molecular complexity index is 1330. The van der Waals surface area contributed by atoms with E-state index in [1.165, 1.54) is 0 Å². The third-order valence-corrected chi connectivity index (χ3v) is 6.71. The molecule has 0 bridgehead atoms. The van der Waals surface area contributed by atoms with Crippen LogP contribution in [0.4, 0.5) is 32.3 Å². The number of hydrogen-bond acceptors (Lipinski definition) is 6. The average molecular weight is 597 g/mol. The van der Waals surface area contributed by atoms with Crippen LogP contribution in [0.2, 0.25) is 0 Å². The zero-order chi connectivity index (χ0) is 31.5. The van der Waals surface area contributed by atoms with E-state index < -0.39 is 0 Å². The van der Waals surface area contributed by atoms with Gasteiger partial charge in [0.15, 0.2) is 0 Å². The minimum absolute atomic E-state index is 0.132. The van der Waals surface area contributed by atoms with Crippen LogP contribution in [-0.2, 0) is 0 Å². The highest BCUT2D eigenvalue weighted by Crippen LogP contribution is 2.30. The van der Waals surface area contributed by atoms with E-state index in [4.69, 9.17) is 18.9 Å². The Morgan fingerprint density at radius 1 is 0.500 bits per heavy atom. The summed E-state index contributed by atoms with van der Waals surface area (Å²) in [5.74, 6) is 2.69. The van der Waals surface area contributed by atoms with E-state index in [0.717, 1.165) is 0 Å². The van der Waals surface area contributed by atoms with Gasteiger partial charge in [0.25, 0.3) is 0 Å². The third-order valence-electron chi connectivity index (χ3n) is 6.71. The predicted octanol–water partition coefficient (Wildman–Crippen LogP) is 6.67. The van der Waals surface area contributed by atoms with Crippen molar-refractivity contribution in [2.24, 2.45) is 0 Å². The Morgan fingerprint density at radius 2 is 0.727 bits per heavy atom. The highest BCUT2D eigenvalue weighted by molar-refractivity contribution is 6.00. The van der Waals surface area contributed by atoms with E-state index in [1.807, 2.05) is 0 Å². The summed E-state index contributed by atoms with van der Waals surface area (Å²) in [7, 11) is 6.34. The topological polar surface area (TPSA) is 102 Å². The molecule has 44 heavy (non-hydrogen) atoms. The fraction of sp³-hybridized carbons (Fsp3) is 0.176. The Balaban J connectivity index is 1.44. The minimum atomic E-state index is -0.370. The molecular formula is C34H36N4O6. The molecule has 0 saturated carbocycles. The average Bonchev–Trinajstić information content (AvgIpc) is 3.08. The Morgan fingerprint density at radius 3 is 0.932 bits per heavy atom. The van der Waals surface area contributed by atoms with E-state index in [0.29, 0.717) is 51.3 Å². The maximum Gasteiger partial charge on any atom is 0.326 e. The number of rotatable bonds is 12. The molecule has 0 radical (unpaired) electrons. The van der Waals surface area contributed by atoms with Crippen molar-refractivity contribution in [3.63, 3.8) is 0 Å². The van der Waals surface area contributed by atoms with Crippen molar-refractivity contribution in [3.05, 3.63) is 109 Å². The molecule has 4 amide bonds. The molecule has 4 aromatic carbocycles. The molecule has 0 heterocycles. The van der Waals surface area contributed by atoms with Gasteiger partial charge in [0.2, 0.25) is 0 Å². The number of anilines is 4. The van der Waals surface area contributed by atoms with Gasteiger partial charge >= 0.3 is 12.1 Å². The number of benzene rings is 4. The highest BCUT2D eigenvalue weighted by atomic mass is 16.5. The smallest absolute Gasteiger partial charge is 0.326 e. The molecule has 0 aliphatic rings. The van der Waals surface area contributed by atoms with Gasteiger partial charge in [-0.05, 0) is 103 Å². The number of carbonyl (C=O) groups is 2. The van der Waals surface area contributed by atoms with E-state index in [1.54, 1.807) is 135 Å². The summed E-state index contributed by atoms with van der Waals surface area (Å²) >= 11 is 0. The molecule has 0 fully saturated rings. The maximum atomic E-state index is 13.5. The molecule has 228 valence electrons. The molecule has 2 N–H and O–H groups in total. The van der Waals surface area contributed by atoms with Gasteiger partial charge in [-0.3, -0.25) is 9.80 Å². The van der Waals surface area contributed by atoms with Crippen molar-refractivity contribution in [1.82, 2.24) is 10.6 Å². The van der Waals surface area contributed by atoms with Crippen molar-refractivity contribution >= 4 is 34.8 Å². The first-order valence-corrected chi connectivity index (χ1v) is 13.8. The number of hydrogen-bond donors (Lipinski definition) is 2. The number of ether oxygens (including phenoxy) is 4. The lowest BCUT2D eigenvalue weighted by atomic mass is 10.2. The van der Waals surface area contributed by atoms with Crippen LogP contribution in [-0.4, -0.2) is 53.6 Å². The first-order chi connectivity index (χ1) is 21.4. The maximum absolute atomic E-state index is 13.5. The van der Waals surface area contributed by atoms with E-state index in [9.17, 15) is 9.59 Å². The Kier molecular flexibility index (Phi) is 10.7. The monoisotopic (exact) mass is 596 g/mol. The van der Waals surface area contributed by atoms with E-state index in [2.05, 4.69) is 17.2 Å². The Labute approximate surface area is 257 Å². The minimum Gasteiger partial charge on any atom is -0.497 e. The molecule has 0 atom stereocenters. The third kappa shape index (κ3) is 7.80. The summed E-state index contributed by atoms with van der Waals surface area (Å²) in [5, 5.41) is 5.82. The lowest BCUT2D eigenvalue weighted by Gasteiger charge is -2.25. The fourth-order valence-electron chi connectivity index (χ4n) is 4.31. The number of nitrogens with zero attached hydrogens (tertiary/aromatic N) is 2. The predicted molar refractivity (Wildman–Crippen MR) is 172 cm³/mol. The second-order valence-electron chi connectivity index (χ2n) is 9.53.